The summed E-state index contributed by atoms with van der Waals surface area (Å²) in [6.45, 7) is 2.06. The van der Waals surface area contributed by atoms with Crippen LogP contribution in [0.1, 0.15) is 24.3 Å². The molecule has 3 N–H and O–H groups in total. The molecule has 1 aromatic carbocycles. The Kier molecular flexibility index (Phi) is 4.04. The minimum atomic E-state index is -1.08. The van der Waals surface area contributed by atoms with Gasteiger partial charge in [-0.3, -0.25) is 5.32 Å². The van der Waals surface area contributed by atoms with Crippen LogP contribution in [0.5, 0.6) is 5.75 Å². The normalized spacial score (nSPS) is 16.3. The summed E-state index contributed by atoms with van der Waals surface area (Å²) in [6.07, 6.45) is 1.13. The highest BCUT2D eigenvalue weighted by Crippen LogP contribution is 2.32. The van der Waals surface area contributed by atoms with Crippen molar-refractivity contribution < 1.29 is 14.6 Å². The third-order valence-electron chi connectivity index (χ3n) is 3.28. The van der Waals surface area contributed by atoms with Crippen molar-refractivity contribution in [3.05, 3.63) is 23.8 Å². The quantitative estimate of drug-likeness (QED) is 0.769. The maximum absolute atomic E-state index is 10.6. The number of benzene rings is 1. The van der Waals surface area contributed by atoms with E-state index in [-0.39, 0.29) is 0 Å². The second-order valence-corrected chi connectivity index (χ2v) is 4.41. The molecular formula is C13H18N2O3. The van der Waals surface area contributed by atoms with Gasteiger partial charge in [0.05, 0.1) is 12.8 Å². The molecule has 1 aliphatic rings. The summed E-state index contributed by atoms with van der Waals surface area (Å²) in [7, 11) is 1.55. The Labute approximate surface area is 106 Å². The SMILES string of the molecule is COc1cc(C2CCNCC2)ccc1NC(=O)O. The highest BCUT2D eigenvalue weighted by molar-refractivity contribution is 5.85. The Morgan fingerprint density at radius 3 is 2.78 bits per heavy atom. The molecule has 5 nitrogen and oxygen atoms in total. The first-order valence-electron chi connectivity index (χ1n) is 6.09. The summed E-state index contributed by atoms with van der Waals surface area (Å²) >= 11 is 0. The number of hydrogen-bond acceptors (Lipinski definition) is 3. The predicted molar refractivity (Wildman–Crippen MR) is 69.5 cm³/mol. The third-order valence-corrected chi connectivity index (χ3v) is 3.28. The van der Waals surface area contributed by atoms with Crippen molar-refractivity contribution in [3.63, 3.8) is 0 Å². The number of ether oxygens (including phenoxy) is 1. The van der Waals surface area contributed by atoms with E-state index in [0.29, 0.717) is 17.4 Å². The molecule has 1 saturated heterocycles. The molecule has 0 spiro atoms. The van der Waals surface area contributed by atoms with Gasteiger partial charge in [0.15, 0.2) is 0 Å². The fraction of sp³-hybridized carbons (Fsp3) is 0.462. The third kappa shape index (κ3) is 2.92. The van der Waals surface area contributed by atoms with Gasteiger partial charge in [0, 0.05) is 0 Å². The topological polar surface area (TPSA) is 70.6 Å². The molecule has 0 saturated carbocycles. The van der Waals surface area contributed by atoms with Crippen LogP contribution in [0.4, 0.5) is 10.5 Å². The molecule has 0 radical (unpaired) electrons. The Bertz CT molecular complexity index is 428. The van der Waals surface area contributed by atoms with Crippen LogP contribution >= 0.6 is 0 Å². The van der Waals surface area contributed by atoms with E-state index in [4.69, 9.17) is 9.84 Å². The van der Waals surface area contributed by atoms with Crippen molar-refractivity contribution in [1.29, 1.82) is 0 Å². The average molecular weight is 250 g/mol. The maximum atomic E-state index is 10.6. The minimum absolute atomic E-state index is 0.489. The Balaban J connectivity index is 2.20. The Hall–Kier alpha value is -1.75. The molecule has 0 bridgehead atoms. The number of carboxylic acid groups (broad SMARTS) is 1. The van der Waals surface area contributed by atoms with E-state index >= 15 is 0 Å². The molecule has 98 valence electrons. The monoisotopic (exact) mass is 250 g/mol. The zero-order valence-corrected chi connectivity index (χ0v) is 10.4. The molecule has 1 fully saturated rings. The van der Waals surface area contributed by atoms with Crippen molar-refractivity contribution in [2.75, 3.05) is 25.5 Å². The molecule has 1 aromatic rings. The molecule has 1 amide bonds. The van der Waals surface area contributed by atoms with Gasteiger partial charge in [-0.2, -0.15) is 0 Å². The Morgan fingerprint density at radius 2 is 2.17 bits per heavy atom. The molecule has 2 rings (SSSR count). The number of amides is 1. The molecule has 0 aromatic heterocycles. The fourth-order valence-corrected chi connectivity index (χ4v) is 2.34. The van der Waals surface area contributed by atoms with Crippen LogP contribution in [-0.2, 0) is 0 Å². The number of hydrogen-bond donors (Lipinski definition) is 3. The molecule has 0 unspecified atom stereocenters. The van der Waals surface area contributed by atoms with Gasteiger partial charge in [-0.25, -0.2) is 4.79 Å². The van der Waals surface area contributed by atoms with Gasteiger partial charge in [0.2, 0.25) is 0 Å². The lowest BCUT2D eigenvalue weighted by atomic mass is 9.90. The van der Waals surface area contributed by atoms with E-state index in [2.05, 4.69) is 10.6 Å². The van der Waals surface area contributed by atoms with Gasteiger partial charge in [-0.15, -0.1) is 0 Å². The van der Waals surface area contributed by atoms with Gasteiger partial charge in [-0.05, 0) is 49.5 Å². The standard InChI is InChI=1S/C13H18N2O3/c1-18-12-8-10(9-4-6-14-7-5-9)2-3-11(12)15-13(16)17/h2-3,8-9,14-15H,4-7H2,1H3,(H,16,17). The van der Waals surface area contributed by atoms with E-state index in [1.807, 2.05) is 12.1 Å². The van der Waals surface area contributed by atoms with E-state index in [0.717, 1.165) is 25.9 Å². The number of methoxy groups -OCH3 is 1. The molecule has 0 aliphatic carbocycles. The largest absolute Gasteiger partial charge is 0.495 e. The molecule has 5 heteroatoms. The summed E-state index contributed by atoms with van der Waals surface area (Å²) in [6, 6.07) is 5.68. The van der Waals surface area contributed by atoms with Crippen molar-refractivity contribution >= 4 is 11.8 Å². The van der Waals surface area contributed by atoms with Crippen LogP contribution in [0.15, 0.2) is 18.2 Å². The zero-order chi connectivity index (χ0) is 13.0. The number of rotatable bonds is 3. The maximum Gasteiger partial charge on any atom is 0.409 e. The van der Waals surface area contributed by atoms with E-state index in [1.165, 1.54) is 5.56 Å². The van der Waals surface area contributed by atoms with Gasteiger partial charge in [0.1, 0.15) is 5.75 Å². The lowest BCUT2D eigenvalue weighted by Gasteiger charge is -2.23. The van der Waals surface area contributed by atoms with Crippen molar-refractivity contribution in [1.82, 2.24) is 5.32 Å². The predicted octanol–water partition coefficient (Wildman–Crippen LogP) is 2.25. The van der Waals surface area contributed by atoms with E-state index < -0.39 is 6.09 Å². The number of anilines is 1. The van der Waals surface area contributed by atoms with Crippen LogP contribution < -0.4 is 15.4 Å². The summed E-state index contributed by atoms with van der Waals surface area (Å²) in [5.41, 5.74) is 1.70. The first-order valence-corrected chi connectivity index (χ1v) is 6.09. The van der Waals surface area contributed by atoms with Gasteiger partial charge >= 0.3 is 6.09 Å². The lowest BCUT2D eigenvalue weighted by molar-refractivity contribution is 0.209. The average Bonchev–Trinajstić information content (AvgIpc) is 2.39. The van der Waals surface area contributed by atoms with Gasteiger partial charge in [0.25, 0.3) is 0 Å². The minimum Gasteiger partial charge on any atom is -0.495 e. The highest BCUT2D eigenvalue weighted by atomic mass is 16.5. The number of piperidine rings is 1. The van der Waals surface area contributed by atoms with E-state index in [1.54, 1.807) is 13.2 Å². The van der Waals surface area contributed by atoms with Crippen LogP contribution in [0.3, 0.4) is 0 Å². The first kappa shape index (κ1) is 12.7. The second kappa shape index (κ2) is 5.73. The van der Waals surface area contributed by atoms with Crippen LogP contribution in [0.2, 0.25) is 0 Å². The van der Waals surface area contributed by atoms with Gasteiger partial charge in [-0.1, -0.05) is 6.07 Å². The number of nitrogens with one attached hydrogen (secondary N) is 2. The summed E-state index contributed by atoms with van der Waals surface area (Å²) < 4.78 is 5.24. The van der Waals surface area contributed by atoms with Crippen LogP contribution in [0.25, 0.3) is 0 Å². The fourth-order valence-electron chi connectivity index (χ4n) is 2.34. The molecule has 18 heavy (non-hydrogen) atoms. The Morgan fingerprint density at radius 1 is 1.44 bits per heavy atom. The second-order valence-electron chi connectivity index (χ2n) is 4.41. The first-order chi connectivity index (χ1) is 8.70. The zero-order valence-electron chi connectivity index (χ0n) is 10.4. The molecule has 1 heterocycles. The van der Waals surface area contributed by atoms with E-state index in [9.17, 15) is 4.79 Å². The van der Waals surface area contributed by atoms with Crippen LogP contribution in [0, 0.1) is 0 Å². The molecular weight excluding hydrogens is 232 g/mol. The summed E-state index contributed by atoms with van der Waals surface area (Å²) in [4.78, 5) is 10.6. The number of carbonyl (C=O) groups is 1. The molecule has 0 atom stereocenters. The lowest BCUT2D eigenvalue weighted by Crippen LogP contribution is -2.26. The smallest absolute Gasteiger partial charge is 0.409 e. The van der Waals surface area contributed by atoms with Crippen LogP contribution in [-0.4, -0.2) is 31.4 Å². The van der Waals surface area contributed by atoms with Crippen molar-refractivity contribution in [2.24, 2.45) is 0 Å². The van der Waals surface area contributed by atoms with Gasteiger partial charge < -0.3 is 15.2 Å². The highest BCUT2D eigenvalue weighted by Gasteiger charge is 2.17. The summed E-state index contributed by atoms with van der Waals surface area (Å²) in [5.74, 6) is 1.10. The molecule has 1 aliphatic heterocycles. The summed E-state index contributed by atoms with van der Waals surface area (Å²) in [5, 5.41) is 14.4. The van der Waals surface area contributed by atoms with Crippen molar-refractivity contribution in [2.45, 2.75) is 18.8 Å². The van der Waals surface area contributed by atoms with Crippen molar-refractivity contribution in [3.8, 4) is 5.75 Å².